The summed E-state index contributed by atoms with van der Waals surface area (Å²) in [5, 5.41) is 23.1. The molecule has 0 aromatic carbocycles. The predicted molar refractivity (Wildman–Crippen MR) is 81.2 cm³/mol. The molecule has 2 aromatic rings. The fourth-order valence-corrected chi connectivity index (χ4v) is 1.99. The Morgan fingerprint density at radius 2 is 1.21 bits per heavy atom. The monoisotopic (exact) mass is 456 g/mol. The van der Waals surface area contributed by atoms with Gasteiger partial charge in [-0.05, 0) is 24.3 Å². The Morgan fingerprint density at radius 3 is 1.58 bits per heavy atom. The van der Waals surface area contributed by atoms with E-state index in [0.717, 1.165) is 24.2 Å². The zero-order valence-electron chi connectivity index (χ0n) is 12.8. The van der Waals surface area contributed by atoms with Crippen molar-refractivity contribution in [1.29, 1.82) is 0 Å². The number of nitrogens with zero attached hydrogens (tertiary/aromatic N) is 4. The first-order valence-electron chi connectivity index (χ1n) is 6.80. The van der Waals surface area contributed by atoms with Crippen molar-refractivity contribution in [2.45, 2.75) is 13.1 Å². The maximum Gasteiger partial charge on any atom is 0.178 e. The summed E-state index contributed by atoms with van der Waals surface area (Å²) in [6.45, 7) is 1.46. The highest BCUT2D eigenvalue weighted by Gasteiger charge is 2.00. The third-order valence-corrected chi connectivity index (χ3v) is 2.97. The van der Waals surface area contributed by atoms with E-state index in [-0.39, 0.29) is 34.0 Å². The molecule has 2 aromatic heterocycles. The summed E-state index contributed by atoms with van der Waals surface area (Å²) in [7, 11) is 0. The molecule has 128 valence electrons. The first-order chi connectivity index (χ1) is 10.8. The molecule has 0 unspecified atom stereocenters. The highest BCUT2D eigenvalue weighted by atomic mass is 79.9. The van der Waals surface area contributed by atoms with Crippen molar-refractivity contribution in [1.82, 2.24) is 0 Å². The van der Waals surface area contributed by atoms with Crippen LogP contribution in [0.15, 0.2) is 71.5 Å². The van der Waals surface area contributed by atoms with E-state index < -0.39 is 0 Å². The van der Waals surface area contributed by atoms with E-state index >= 15 is 0 Å². The van der Waals surface area contributed by atoms with Gasteiger partial charge in [0.05, 0.1) is 23.6 Å². The van der Waals surface area contributed by atoms with Crippen LogP contribution < -0.4 is 43.1 Å². The lowest BCUT2D eigenvalue weighted by molar-refractivity contribution is -0.691. The standard InChI is InChI=1S/C16H16N4O2.2BrH/c21-17-11-15-5-3-9-19(13-15)7-1-2-8-20-10-4-6-16(14-20)12-18-22;;/h1-6,9-14H,7-8H2;2*1H/b2-1+,17-11-,18-12-;;. The lowest BCUT2D eigenvalue weighted by Crippen LogP contribution is -3.00. The van der Waals surface area contributed by atoms with E-state index in [2.05, 4.69) is 22.5 Å². The minimum Gasteiger partial charge on any atom is -1.00 e. The number of pyridine rings is 2. The van der Waals surface area contributed by atoms with E-state index in [9.17, 15) is 0 Å². The number of hydrogen-bond acceptors (Lipinski definition) is 4. The molecule has 0 aliphatic rings. The van der Waals surface area contributed by atoms with Gasteiger partial charge in [-0.2, -0.15) is 0 Å². The number of allylic oxidation sites excluding steroid dienone is 2. The minimum absolute atomic E-state index is 0. The van der Waals surface area contributed by atoms with E-state index in [0.29, 0.717) is 0 Å². The topological polar surface area (TPSA) is 72.9 Å². The second-order valence-electron chi connectivity index (χ2n) is 4.63. The van der Waals surface area contributed by atoms with Crippen LogP contribution in [0.3, 0.4) is 0 Å². The van der Waals surface area contributed by atoms with E-state index in [4.69, 9.17) is 10.4 Å². The van der Waals surface area contributed by atoms with Crippen molar-refractivity contribution >= 4 is 12.4 Å². The molecule has 0 saturated carbocycles. The molecule has 8 heteroatoms. The third-order valence-electron chi connectivity index (χ3n) is 2.97. The summed E-state index contributed by atoms with van der Waals surface area (Å²) in [4.78, 5) is 0. The molecule has 0 amide bonds. The maximum atomic E-state index is 8.53. The van der Waals surface area contributed by atoms with Gasteiger partial charge >= 0.3 is 0 Å². The summed E-state index contributed by atoms with van der Waals surface area (Å²) in [6, 6.07) is 7.53. The van der Waals surface area contributed by atoms with Crippen molar-refractivity contribution < 1.29 is 53.5 Å². The number of oxime groups is 2. The molecule has 0 radical (unpaired) electrons. The molecule has 2 rings (SSSR count). The first-order valence-corrected chi connectivity index (χ1v) is 6.80. The van der Waals surface area contributed by atoms with Gasteiger partial charge in [-0.25, -0.2) is 9.13 Å². The third kappa shape index (κ3) is 7.47. The smallest absolute Gasteiger partial charge is 0.178 e. The Hall–Kier alpha value is -2.06. The minimum atomic E-state index is 0. The zero-order valence-corrected chi connectivity index (χ0v) is 16.0. The van der Waals surface area contributed by atoms with Crippen LogP contribution in [-0.2, 0) is 13.1 Å². The quantitative estimate of drug-likeness (QED) is 0.150. The van der Waals surface area contributed by atoms with E-state index in [1.807, 2.05) is 58.2 Å². The summed E-state index contributed by atoms with van der Waals surface area (Å²) < 4.78 is 3.99. The number of aromatic nitrogens is 2. The second-order valence-corrected chi connectivity index (χ2v) is 4.63. The lowest BCUT2D eigenvalue weighted by atomic mass is 10.3. The predicted octanol–water partition coefficient (Wildman–Crippen LogP) is -4.86. The summed E-state index contributed by atoms with van der Waals surface area (Å²) in [6.07, 6.45) is 14.6. The van der Waals surface area contributed by atoms with Gasteiger partial charge in [-0.3, -0.25) is 0 Å². The highest BCUT2D eigenvalue weighted by molar-refractivity contribution is 5.78. The molecule has 0 aliphatic carbocycles. The molecule has 24 heavy (non-hydrogen) atoms. The van der Waals surface area contributed by atoms with Crippen molar-refractivity contribution in [3.05, 3.63) is 72.3 Å². The zero-order chi connectivity index (χ0) is 15.6. The molecule has 0 saturated heterocycles. The van der Waals surface area contributed by atoms with E-state index in [1.165, 1.54) is 12.4 Å². The van der Waals surface area contributed by atoms with Gasteiger partial charge in [-0.15, -0.1) is 0 Å². The van der Waals surface area contributed by atoms with Gasteiger partial charge < -0.3 is 44.4 Å². The number of rotatable bonds is 6. The summed E-state index contributed by atoms with van der Waals surface area (Å²) in [5.41, 5.74) is 1.67. The Bertz CT molecular complexity index is 646. The average molecular weight is 458 g/mol. The molecule has 2 heterocycles. The Kier molecular flexibility index (Phi) is 11.3. The average Bonchev–Trinajstić information content (AvgIpc) is 2.53. The second kappa shape index (κ2) is 12.4. The Balaban J connectivity index is 0.00000264. The largest absolute Gasteiger partial charge is 1.00 e. The van der Waals surface area contributed by atoms with Crippen LogP contribution >= 0.6 is 0 Å². The summed E-state index contributed by atoms with van der Waals surface area (Å²) in [5.74, 6) is 0. The molecule has 2 N–H and O–H groups in total. The number of hydrogen-bond donors (Lipinski definition) is 2. The fraction of sp³-hybridized carbons (Fsp3) is 0.125. The molecular formula is C16H18Br2N4O2. The molecular weight excluding hydrogens is 440 g/mol. The van der Waals surface area contributed by atoms with Gasteiger partial charge in [0.1, 0.15) is 0 Å². The molecule has 6 nitrogen and oxygen atoms in total. The van der Waals surface area contributed by atoms with Crippen LogP contribution in [0.2, 0.25) is 0 Å². The van der Waals surface area contributed by atoms with Crippen molar-refractivity contribution in [3.8, 4) is 0 Å². The van der Waals surface area contributed by atoms with Crippen LogP contribution in [0.4, 0.5) is 0 Å². The van der Waals surface area contributed by atoms with Gasteiger partial charge in [0.15, 0.2) is 37.9 Å². The van der Waals surface area contributed by atoms with Crippen molar-refractivity contribution in [2.75, 3.05) is 0 Å². The Labute approximate surface area is 161 Å². The van der Waals surface area contributed by atoms with Crippen LogP contribution in [0.5, 0.6) is 0 Å². The molecule has 0 bridgehead atoms. The van der Waals surface area contributed by atoms with Crippen LogP contribution in [0, 0.1) is 0 Å². The van der Waals surface area contributed by atoms with E-state index in [1.54, 1.807) is 0 Å². The first kappa shape index (κ1) is 21.9. The molecule has 0 spiro atoms. The van der Waals surface area contributed by atoms with Crippen molar-refractivity contribution in [3.63, 3.8) is 0 Å². The normalized spacial score (nSPS) is 10.8. The fourth-order valence-electron chi connectivity index (χ4n) is 1.99. The Morgan fingerprint density at radius 1 is 0.792 bits per heavy atom. The maximum absolute atomic E-state index is 8.53. The molecule has 0 fully saturated rings. The van der Waals surface area contributed by atoms with Crippen LogP contribution in [-0.4, -0.2) is 22.8 Å². The summed E-state index contributed by atoms with van der Waals surface area (Å²) >= 11 is 0. The lowest BCUT2D eigenvalue weighted by Gasteiger charge is -1.94. The molecule has 0 atom stereocenters. The van der Waals surface area contributed by atoms with Gasteiger partial charge in [0, 0.05) is 12.1 Å². The van der Waals surface area contributed by atoms with Gasteiger partial charge in [-0.1, -0.05) is 10.3 Å². The molecule has 0 aliphatic heterocycles. The highest BCUT2D eigenvalue weighted by Crippen LogP contribution is 1.91. The van der Waals surface area contributed by atoms with Crippen molar-refractivity contribution in [2.24, 2.45) is 10.3 Å². The SMILES string of the molecule is O/N=C\c1ccc[n+](C/C=C/C[n+]2cccc(/C=N\O)c2)c1.[Br-].[Br-]. The van der Waals surface area contributed by atoms with Crippen LogP contribution in [0.25, 0.3) is 0 Å². The van der Waals surface area contributed by atoms with Gasteiger partial charge in [0.25, 0.3) is 0 Å². The van der Waals surface area contributed by atoms with Gasteiger partial charge in [0.2, 0.25) is 0 Å². The number of halogens is 2. The van der Waals surface area contributed by atoms with Crippen LogP contribution in [0.1, 0.15) is 11.1 Å².